The Balaban J connectivity index is 2.63. The zero-order valence-corrected chi connectivity index (χ0v) is 18.1. The lowest BCUT2D eigenvalue weighted by molar-refractivity contribution is 0.434. The Bertz CT molecular complexity index is 1200. The number of hydrogen-bond acceptors (Lipinski definition) is 4. The monoisotopic (exact) mass is 492 g/mol. The van der Waals surface area contributed by atoms with Crippen LogP contribution in [0.1, 0.15) is 16.7 Å². The minimum atomic E-state index is -5.12. The molecule has 3 N–H and O–H groups in total. The van der Waals surface area contributed by atoms with E-state index in [9.17, 15) is 23.2 Å². The van der Waals surface area contributed by atoms with Crippen LogP contribution in [0.4, 0.5) is 0 Å². The average Bonchev–Trinajstić information content (AvgIpc) is 2.63. The van der Waals surface area contributed by atoms with Gasteiger partial charge in [-0.2, -0.15) is 8.42 Å². The van der Waals surface area contributed by atoms with Crippen molar-refractivity contribution < 1.29 is 23.2 Å². The van der Waals surface area contributed by atoms with Crippen LogP contribution in [0, 0.1) is 0 Å². The highest BCUT2D eigenvalue weighted by molar-refractivity contribution is 7.87. The van der Waals surface area contributed by atoms with Gasteiger partial charge in [0, 0.05) is 26.2 Å². The third-order valence-electron chi connectivity index (χ3n) is 4.40. The lowest BCUT2D eigenvalue weighted by Crippen LogP contribution is -2.39. The number of aromatic hydroxyl groups is 2. The van der Waals surface area contributed by atoms with Crippen molar-refractivity contribution in [2.45, 2.75) is 4.75 Å². The van der Waals surface area contributed by atoms with Crippen LogP contribution < -0.4 is 0 Å². The molecule has 1 unspecified atom stereocenters. The van der Waals surface area contributed by atoms with Crippen molar-refractivity contribution in [3.63, 3.8) is 0 Å². The van der Waals surface area contributed by atoms with Crippen LogP contribution >= 0.6 is 46.4 Å². The first-order valence-electron chi connectivity index (χ1n) is 7.89. The summed E-state index contributed by atoms with van der Waals surface area (Å²) in [5.74, 6) is -1.10. The summed E-state index contributed by atoms with van der Waals surface area (Å²) >= 11 is 24.4. The molecule has 152 valence electrons. The molecule has 3 aromatic carbocycles. The zero-order chi connectivity index (χ0) is 21.6. The van der Waals surface area contributed by atoms with Gasteiger partial charge in [-0.25, -0.2) is 0 Å². The van der Waals surface area contributed by atoms with Crippen LogP contribution in [0.2, 0.25) is 20.1 Å². The van der Waals surface area contributed by atoms with Crippen LogP contribution in [0.25, 0.3) is 0 Å². The Morgan fingerprint density at radius 2 is 1.31 bits per heavy atom. The Morgan fingerprint density at radius 1 is 0.759 bits per heavy atom. The quantitative estimate of drug-likeness (QED) is 0.239. The van der Waals surface area contributed by atoms with Crippen molar-refractivity contribution >= 4 is 56.5 Å². The lowest BCUT2D eigenvalue weighted by atomic mass is 9.83. The second-order valence-electron chi connectivity index (χ2n) is 6.08. The maximum atomic E-state index is 13.0. The average molecular weight is 494 g/mol. The second kappa shape index (κ2) is 7.87. The highest BCUT2D eigenvalue weighted by atomic mass is 35.5. The molecule has 1 atom stereocenters. The van der Waals surface area contributed by atoms with Gasteiger partial charge in [-0.3, -0.25) is 4.55 Å². The van der Waals surface area contributed by atoms with Crippen molar-refractivity contribution in [3.8, 4) is 11.5 Å². The Hall–Kier alpha value is -1.67. The summed E-state index contributed by atoms with van der Waals surface area (Å²) in [6, 6.07) is 11.5. The van der Waals surface area contributed by atoms with Crippen LogP contribution in [-0.4, -0.2) is 23.2 Å². The first-order valence-corrected chi connectivity index (χ1v) is 10.8. The molecule has 0 saturated carbocycles. The highest BCUT2D eigenvalue weighted by Gasteiger charge is 2.52. The smallest absolute Gasteiger partial charge is 0.283 e. The van der Waals surface area contributed by atoms with E-state index in [-0.39, 0.29) is 21.2 Å². The van der Waals surface area contributed by atoms with E-state index in [2.05, 4.69) is 0 Å². The Labute approximate surface area is 186 Å². The van der Waals surface area contributed by atoms with Crippen LogP contribution in [0.15, 0.2) is 54.6 Å². The van der Waals surface area contributed by atoms with Crippen molar-refractivity contribution in [2.24, 2.45) is 0 Å². The van der Waals surface area contributed by atoms with Gasteiger partial charge in [-0.1, -0.05) is 64.6 Å². The summed E-state index contributed by atoms with van der Waals surface area (Å²) in [5, 5.41) is 20.6. The normalized spacial score (nSPS) is 13.8. The largest absolute Gasteiger partial charge is 0.508 e. The van der Waals surface area contributed by atoms with Crippen LogP contribution in [-0.2, 0) is 14.9 Å². The van der Waals surface area contributed by atoms with E-state index in [1.54, 1.807) is 0 Å². The third-order valence-corrected chi connectivity index (χ3v) is 7.02. The Morgan fingerprint density at radius 3 is 1.86 bits per heavy atom. The van der Waals surface area contributed by atoms with Crippen molar-refractivity contribution in [1.82, 2.24) is 0 Å². The number of phenolic OH excluding ortho intramolecular Hbond substituents is 2. The van der Waals surface area contributed by atoms with E-state index in [1.807, 2.05) is 0 Å². The third kappa shape index (κ3) is 3.65. The molecule has 0 amide bonds. The molecular weight excluding hydrogens is 482 g/mol. The summed E-state index contributed by atoms with van der Waals surface area (Å²) in [4.78, 5) is 0. The number of hydrogen-bond donors (Lipinski definition) is 3. The maximum Gasteiger partial charge on any atom is 0.283 e. The molecule has 5 nitrogen and oxygen atoms in total. The molecule has 0 aliphatic carbocycles. The zero-order valence-electron chi connectivity index (χ0n) is 14.3. The SMILES string of the molecule is O=S(=O)(O)C(c1ccc(Cl)cc1)(c1ccc(Cl)cc1Cl)c1c(O)ccc(O)c1Cl. The number of rotatable bonds is 4. The fraction of sp³-hybridized carbons (Fsp3) is 0.0526. The number of benzene rings is 3. The van der Waals surface area contributed by atoms with Gasteiger partial charge in [0.1, 0.15) is 11.5 Å². The molecule has 29 heavy (non-hydrogen) atoms. The predicted octanol–water partition coefficient (Wildman–Crippen LogP) is 5.89. The van der Waals surface area contributed by atoms with Crippen molar-refractivity contribution in [1.29, 1.82) is 0 Å². The van der Waals surface area contributed by atoms with Gasteiger partial charge >= 0.3 is 0 Å². The van der Waals surface area contributed by atoms with Gasteiger partial charge in [-0.15, -0.1) is 0 Å². The fourth-order valence-corrected chi connectivity index (χ4v) is 5.64. The first kappa shape index (κ1) is 22.0. The maximum absolute atomic E-state index is 13.0. The number of phenols is 2. The van der Waals surface area contributed by atoms with Gasteiger partial charge in [0.25, 0.3) is 10.1 Å². The molecule has 3 aromatic rings. The van der Waals surface area contributed by atoms with E-state index in [1.165, 1.54) is 42.5 Å². The molecule has 0 bridgehead atoms. The van der Waals surface area contributed by atoms with Gasteiger partial charge in [0.2, 0.25) is 0 Å². The minimum absolute atomic E-state index is 0.0311. The molecule has 0 aliphatic heterocycles. The van der Waals surface area contributed by atoms with Crippen LogP contribution in [0.3, 0.4) is 0 Å². The van der Waals surface area contributed by atoms with E-state index in [0.717, 1.165) is 12.1 Å². The lowest BCUT2D eigenvalue weighted by Gasteiger charge is -2.34. The van der Waals surface area contributed by atoms with Crippen LogP contribution in [0.5, 0.6) is 11.5 Å². The van der Waals surface area contributed by atoms with E-state index < -0.39 is 37.0 Å². The van der Waals surface area contributed by atoms with Gasteiger partial charge in [0.05, 0.1) is 5.02 Å². The summed E-state index contributed by atoms with van der Waals surface area (Å²) in [5.41, 5.74) is -0.652. The summed E-state index contributed by atoms with van der Waals surface area (Å²) < 4.78 is 33.9. The van der Waals surface area contributed by atoms with E-state index >= 15 is 0 Å². The number of halogens is 4. The predicted molar refractivity (Wildman–Crippen MR) is 114 cm³/mol. The Kier molecular flexibility index (Phi) is 5.98. The van der Waals surface area contributed by atoms with Crippen molar-refractivity contribution in [2.75, 3.05) is 0 Å². The fourth-order valence-electron chi connectivity index (χ4n) is 3.20. The summed E-state index contributed by atoms with van der Waals surface area (Å²) in [6.07, 6.45) is 0. The van der Waals surface area contributed by atoms with Gasteiger partial charge in [-0.05, 0) is 42.0 Å². The standard InChI is InChI=1S/C19H12Cl4O5S/c20-11-3-1-10(2-4-11)19(29(26,27)28,13-6-5-12(21)9-14(13)22)17-15(24)7-8-16(25)18(17)23/h1-9,24-25H,(H,26,27,28). The molecule has 10 heteroatoms. The molecule has 0 radical (unpaired) electrons. The van der Waals surface area contributed by atoms with Gasteiger partial charge in [0.15, 0.2) is 4.75 Å². The van der Waals surface area contributed by atoms with Crippen molar-refractivity contribution in [3.05, 3.63) is 91.4 Å². The van der Waals surface area contributed by atoms with Gasteiger partial charge < -0.3 is 10.2 Å². The molecular formula is C19H12Cl4O5S. The highest BCUT2D eigenvalue weighted by Crippen LogP contribution is 2.53. The minimum Gasteiger partial charge on any atom is -0.508 e. The summed E-state index contributed by atoms with van der Waals surface area (Å²) in [6.45, 7) is 0. The molecule has 0 aromatic heterocycles. The molecule has 0 fully saturated rings. The van der Waals surface area contributed by atoms with E-state index in [0.29, 0.717) is 5.02 Å². The second-order valence-corrected chi connectivity index (χ2v) is 9.30. The summed E-state index contributed by atoms with van der Waals surface area (Å²) in [7, 11) is -5.12. The first-order chi connectivity index (χ1) is 13.5. The topological polar surface area (TPSA) is 94.8 Å². The molecule has 0 saturated heterocycles. The molecule has 3 rings (SSSR count). The molecule has 0 spiro atoms. The van der Waals surface area contributed by atoms with E-state index in [4.69, 9.17) is 46.4 Å². The molecule has 0 aliphatic rings. The molecule has 0 heterocycles.